The van der Waals surface area contributed by atoms with Gasteiger partial charge in [-0.05, 0) is 54.3 Å². The highest BCUT2D eigenvalue weighted by Gasteiger charge is 2.35. The van der Waals surface area contributed by atoms with E-state index in [1.54, 1.807) is 36.4 Å². The van der Waals surface area contributed by atoms with Gasteiger partial charge in [0.25, 0.3) is 10.0 Å². The van der Waals surface area contributed by atoms with Gasteiger partial charge in [-0.1, -0.05) is 104 Å². The number of halogens is 2. The molecule has 4 aromatic rings. The van der Waals surface area contributed by atoms with Gasteiger partial charge in [-0.25, -0.2) is 12.8 Å². The third-order valence-electron chi connectivity index (χ3n) is 7.26. The van der Waals surface area contributed by atoms with E-state index in [1.165, 1.54) is 35.2 Å². The van der Waals surface area contributed by atoms with Crippen LogP contribution in [0.25, 0.3) is 0 Å². The van der Waals surface area contributed by atoms with E-state index in [-0.39, 0.29) is 29.5 Å². The number of anilines is 1. The summed E-state index contributed by atoms with van der Waals surface area (Å²) in [4.78, 5) is 29.5. The lowest BCUT2D eigenvalue weighted by Gasteiger charge is -2.34. The summed E-state index contributed by atoms with van der Waals surface area (Å²) in [6.07, 6.45) is 0.158. The zero-order valence-electron chi connectivity index (χ0n) is 25.5. The number of benzene rings is 4. The Kier molecular flexibility index (Phi) is 11.4. The smallest absolute Gasteiger partial charge is 0.264 e. The third-order valence-corrected chi connectivity index (χ3v) is 9.41. The number of amides is 2. The zero-order valence-corrected chi connectivity index (χ0v) is 27.1. The number of carbonyl (C=O) groups excluding carboxylic acids is 2. The minimum absolute atomic E-state index is 0.0825. The van der Waals surface area contributed by atoms with E-state index in [2.05, 4.69) is 5.32 Å². The second kappa shape index (κ2) is 15.2. The molecule has 1 N–H and O–H groups in total. The number of hydrogen-bond acceptors (Lipinski definition) is 4. The van der Waals surface area contributed by atoms with Gasteiger partial charge in [0.2, 0.25) is 11.8 Å². The maximum atomic E-state index is 15.2. The Hall–Kier alpha value is -4.21. The Balaban J connectivity index is 1.81. The molecule has 0 radical (unpaired) electrons. The molecule has 1 atom stereocenters. The van der Waals surface area contributed by atoms with Gasteiger partial charge in [0.05, 0.1) is 10.6 Å². The maximum absolute atomic E-state index is 15.2. The minimum Gasteiger partial charge on any atom is -0.354 e. The average molecular weight is 650 g/mol. The Morgan fingerprint density at radius 3 is 2.13 bits per heavy atom. The van der Waals surface area contributed by atoms with E-state index in [4.69, 9.17) is 11.6 Å². The normalized spacial score (nSPS) is 12.0. The van der Waals surface area contributed by atoms with Crippen molar-refractivity contribution >= 4 is 39.1 Å². The Morgan fingerprint density at radius 2 is 1.49 bits per heavy atom. The SMILES string of the molecule is Cc1ccc(S(=O)(=O)N(CC(=O)N(Cc2ccccc2Cl)C(Cc2ccccc2)C(=O)NCC(C)C)c2ccccc2F)cc1. The molecule has 0 aliphatic heterocycles. The van der Waals surface area contributed by atoms with Gasteiger partial charge in [-0.3, -0.25) is 13.9 Å². The average Bonchev–Trinajstić information content (AvgIpc) is 3.02. The van der Waals surface area contributed by atoms with Crippen LogP contribution in [0, 0.1) is 18.7 Å². The first-order chi connectivity index (χ1) is 21.5. The van der Waals surface area contributed by atoms with Crippen LogP contribution in [0.4, 0.5) is 10.1 Å². The number of nitrogens with one attached hydrogen (secondary N) is 1. The zero-order chi connectivity index (χ0) is 32.6. The van der Waals surface area contributed by atoms with Crippen molar-refractivity contribution in [2.24, 2.45) is 5.92 Å². The van der Waals surface area contributed by atoms with E-state index in [1.807, 2.05) is 51.1 Å². The number of nitrogens with zero attached hydrogens (tertiary/aromatic N) is 2. The lowest BCUT2D eigenvalue weighted by molar-refractivity contribution is -0.140. The predicted octanol–water partition coefficient (Wildman–Crippen LogP) is 6.40. The lowest BCUT2D eigenvalue weighted by atomic mass is 10.0. The molecule has 0 aromatic heterocycles. The first-order valence-corrected chi connectivity index (χ1v) is 16.5. The van der Waals surface area contributed by atoms with Crippen molar-refractivity contribution in [3.8, 4) is 0 Å². The first kappa shape index (κ1) is 33.7. The largest absolute Gasteiger partial charge is 0.354 e. The maximum Gasteiger partial charge on any atom is 0.264 e. The Bertz CT molecular complexity index is 1720. The molecule has 0 heterocycles. The Labute approximate surface area is 269 Å². The van der Waals surface area contributed by atoms with Crippen molar-refractivity contribution in [2.45, 2.75) is 44.7 Å². The fourth-order valence-electron chi connectivity index (χ4n) is 4.79. The quantitative estimate of drug-likeness (QED) is 0.182. The predicted molar refractivity (Wildman–Crippen MR) is 176 cm³/mol. The van der Waals surface area contributed by atoms with Gasteiger partial charge in [-0.2, -0.15) is 0 Å². The van der Waals surface area contributed by atoms with Crippen molar-refractivity contribution in [3.63, 3.8) is 0 Å². The summed E-state index contributed by atoms with van der Waals surface area (Å²) in [6.45, 7) is 5.27. The van der Waals surface area contributed by atoms with Crippen molar-refractivity contribution in [1.82, 2.24) is 10.2 Å². The topological polar surface area (TPSA) is 86.8 Å². The van der Waals surface area contributed by atoms with Crippen LogP contribution in [-0.4, -0.2) is 44.3 Å². The number of sulfonamides is 1. The van der Waals surface area contributed by atoms with Gasteiger partial charge in [-0.15, -0.1) is 0 Å². The number of hydrogen-bond donors (Lipinski definition) is 1. The summed E-state index contributed by atoms with van der Waals surface area (Å²) < 4.78 is 44.1. The van der Waals surface area contributed by atoms with Gasteiger partial charge in [0.1, 0.15) is 18.4 Å². The molecule has 0 aliphatic carbocycles. The van der Waals surface area contributed by atoms with Gasteiger partial charge in [0, 0.05) is 24.5 Å². The molecule has 7 nitrogen and oxygen atoms in total. The van der Waals surface area contributed by atoms with Crippen LogP contribution in [-0.2, 0) is 32.6 Å². The van der Waals surface area contributed by atoms with Crippen LogP contribution in [0.3, 0.4) is 0 Å². The summed E-state index contributed by atoms with van der Waals surface area (Å²) in [5.41, 5.74) is 1.93. The van der Waals surface area contributed by atoms with Crippen LogP contribution < -0.4 is 9.62 Å². The van der Waals surface area contributed by atoms with Gasteiger partial charge >= 0.3 is 0 Å². The molecule has 236 valence electrons. The number of para-hydroxylation sites is 1. The minimum atomic E-state index is -4.41. The summed E-state index contributed by atoms with van der Waals surface area (Å²) in [6, 6.07) is 26.6. The van der Waals surface area contributed by atoms with Crippen molar-refractivity contribution in [3.05, 3.63) is 131 Å². The van der Waals surface area contributed by atoms with Crippen LogP contribution >= 0.6 is 11.6 Å². The van der Waals surface area contributed by atoms with E-state index in [9.17, 15) is 18.0 Å². The molecule has 0 saturated heterocycles. The number of carbonyl (C=O) groups is 2. The fraction of sp³-hybridized carbons (Fsp3) is 0.257. The monoisotopic (exact) mass is 649 g/mol. The molecule has 0 fully saturated rings. The van der Waals surface area contributed by atoms with Gasteiger partial charge < -0.3 is 10.2 Å². The van der Waals surface area contributed by atoms with E-state index in [0.29, 0.717) is 17.1 Å². The van der Waals surface area contributed by atoms with Crippen molar-refractivity contribution in [2.75, 3.05) is 17.4 Å². The molecule has 0 saturated carbocycles. The molecule has 0 spiro atoms. The molecule has 10 heteroatoms. The molecule has 4 rings (SSSR count). The first-order valence-electron chi connectivity index (χ1n) is 14.7. The summed E-state index contributed by atoms with van der Waals surface area (Å²) in [5.74, 6) is -1.76. The molecule has 45 heavy (non-hydrogen) atoms. The fourth-order valence-corrected chi connectivity index (χ4v) is 6.41. The molecule has 2 amide bonds. The molecular weight excluding hydrogens is 613 g/mol. The van der Waals surface area contributed by atoms with Crippen LogP contribution in [0.5, 0.6) is 0 Å². The second-order valence-corrected chi connectivity index (χ2v) is 13.5. The molecule has 0 aliphatic rings. The van der Waals surface area contributed by atoms with Crippen molar-refractivity contribution in [1.29, 1.82) is 0 Å². The van der Waals surface area contributed by atoms with Crippen molar-refractivity contribution < 1.29 is 22.4 Å². The summed E-state index contributed by atoms with van der Waals surface area (Å²) >= 11 is 6.51. The molecule has 4 aromatic carbocycles. The molecule has 1 unspecified atom stereocenters. The Morgan fingerprint density at radius 1 is 0.867 bits per heavy atom. The summed E-state index contributed by atoms with van der Waals surface area (Å²) in [5, 5.41) is 3.32. The van der Waals surface area contributed by atoms with Gasteiger partial charge in [0.15, 0.2) is 0 Å². The van der Waals surface area contributed by atoms with Crippen LogP contribution in [0.1, 0.15) is 30.5 Å². The van der Waals surface area contributed by atoms with E-state index in [0.717, 1.165) is 21.5 Å². The number of rotatable bonds is 13. The van der Waals surface area contributed by atoms with E-state index < -0.39 is 40.2 Å². The summed E-state index contributed by atoms with van der Waals surface area (Å²) in [7, 11) is -4.41. The highest BCUT2D eigenvalue weighted by atomic mass is 35.5. The second-order valence-electron chi connectivity index (χ2n) is 11.2. The highest BCUT2D eigenvalue weighted by molar-refractivity contribution is 7.92. The van der Waals surface area contributed by atoms with Crippen LogP contribution in [0.15, 0.2) is 108 Å². The lowest BCUT2D eigenvalue weighted by Crippen LogP contribution is -2.53. The van der Waals surface area contributed by atoms with E-state index >= 15 is 4.39 Å². The number of aryl methyl sites for hydroxylation is 1. The standard InChI is InChI=1S/C35H37ClFN3O4S/c1-25(2)22-38-35(42)33(21-27-11-5-4-6-12-27)39(23-28-13-7-8-14-30(28)36)34(41)24-40(32-16-10-9-15-31(32)37)45(43,44)29-19-17-26(3)18-20-29/h4-20,25,33H,21-24H2,1-3H3,(H,38,42). The molecular formula is C35H37ClFN3O4S. The highest BCUT2D eigenvalue weighted by Crippen LogP contribution is 2.28. The van der Waals surface area contributed by atoms with Crippen LogP contribution in [0.2, 0.25) is 5.02 Å². The molecule has 0 bridgehead atoms. The third kappa shape index (κ3) is 8.71.